The Morgan fingerprint density at radius 2 is 2.04 bits per heavy atom. The summed E-state index contributed by atoms with van der Waals surface area (Å²) in [6, 6.07) is 8.07. The summed E-state index contributed by atoms with van der Waals surface area (Å²) in [7, 11) is 1.86. The van der Waals surface area contributed by atoms with E-state index in [0.717, 1.165) is 32.8 Å². The van der Waals surface area contributed by atoms with Gasteiger partial charge in [0, 0.05) is 38.9 Å². The zero-order chi connectivity index (χ0) is 16.1. The number of para-hydroxylation sites is 1. The van der Waals surface area contributed by atoms with E-state index in [1.165, 1.54) is 11.3 Å². The van der Waals surface area contributed by atoms with Crippen LogP contribution in [0.4, 0.5) is 5.69 Å². The summed E-state index contributed by atoms with van der Waals surface area (Å²) < 4.78 is 10.8. The molecule has 2 aliphatic heterocycles. The summed E-state index contributed by atoms with van der Waals surface area (Å²) >= 11 is 0. The number of ether oxygens (including phenoxy) is 2. The average molecular weight is 319 g/mol. The van der Waals surface area contributed by atoms with Gasteiger partial charge in [-0.05, 0) is 11.6 Å². The van der Waals surface area contributed by atoms with Crippen LogP contribution in [0.5, 0.6) is 0 Å². The summed E-state index contributed by atoms with van der Waals surface area (Å²) in [5.74, 6) is 0.0847. The largest absolute Gasteiger partial charge is 0.378 e. The average Bonchev–Trinajstić information content (AvgIpc) is 2.63. The van der Waals surface area contributed by atoms with Crippen molar-refractivity contribution in [2.45, 2.75) is 12.6 Å². The van der Waals surface area contributed by atoms with E-state index in [9.17, 15) is 4.79 Å². The minimum Gasteiger partial charge on any atom is -0.378 e. The van der Waals surface area contributed by atoms with Gasteiger partial charge in [-0.1, -0.05) is 18.2 Å². The topological polar surface area (TPSA) is 54.0 Å². The maximum absolute atomic E-state index is 12.5. The van der Waals surface area contributed by atoms with Gasteiger partial charge in [0.25, 0.3) is 0 Å². The summed E-state index contributed by atoms with van der Waals surface area (Å²) in [5.41, 5.74) is 2.37. The van der Waals surface area contributed by atoms with Crippen LogP contribution in [0.15, 0.2) is 24.3 Å². The van der Waals surface area contributed by atoms with Gasteiger partial charge in [0.15, 0.2) is 0 Å². The van der Waals surface area contributed by atoms with Crippen molar-refractivity contribution < 1.29 is 14.3 Å². The Morgan fingerprint density at radius 1 is 1.26 bits per heavy atom. The van der Waals surface area contributed by atoms with Gasteiger partial charge in [-0.3, -0.25) is 4.79 Å². The molecule has 3 rings (SSSR count). The molecule has 2 saturated heterocycles. The number of hydrogen-bond acceptors (Lipinski definition) is 5. The van der Waals surface area contributed by atoms with Gasteiger partial charge in [0.2, 0.25) is 5.91 Å². The number of likely N-dealkylation sites (N-methyl/N-ethyl adjacent to an activating group) is 1. The first-order chi connectivity index (χ1) is 11.3. The van der Waals surface area contributed by atoms with Crippen LogP contribution in [0.2, 0.25) is 0 Å². The number of hydrogen-bond donors (Lipinski definition) is 1. The standard InChI is InChI=1S/C17H25N3O3/c1-19(17(21)15-13-23-9-6-18-15)12-14-4-2-3-5-16(14)20-7-10-22-11-8-20/h2-5,15,18H,6-13H2,1H3. The third-order valence-corrected chi connectivity index (χ3v) is 4.35. The van der Waals surface area contributed by atoms with Crippen LogP contribution in [-0.4, -0.2) is 70.0 Å². The van der Waals surface area contributed by atoms with E-state index in [1.54, 1.807) is 4.90 Å². The fourth-order valence-electron chi connectivity index (χ4n) is 3.08. The molecule has 0 bridgehead atoms. The van der Waals surface area contributed by atoms with Crippen molar-refractivity contribution in [1.29, 1.82) is 0 Å². The van der Waals surface area contributed by atoms with E-state index in [2.05, 4.69) is 22.3 Å². The van der Waals surface area contributed by atoms with Crippen LogP contribution in [0.3, 0.4) is 0 Å². The lowest BCUT2D eigenvalue weighted by molar-refractivity contribution is -0.135. The molecule has 2 aliphatic rings. The highest BCUT2D eigenvalue weighted by molar-refractivity contribution is 5.82. The van der Waals surface area contributed by atoms with E-state index < -0.39 is 0 Å². The van der Waals surface area contributed by atoms with E-state index in [4.69, 9.17) is 9.47 Å². The molecule has 1 aromatic carbocycles. The lowest BCUT2D eigenvalue weighted by Gasteiger charge is -2.32. The highest BCUT2D eigenvalue weighted by atomic mass is 16.5. The first kappa shape index (κ1) is 16.2. The molecule has 2 heterocycles. The fourth-order valence-corrected chi connectivity index (χ4v) is 3.08. The SMILES string of the molecule is CN(Cc1ccccc1N1CCOCC1)C(=O)C1COCCN1. The van der Waals surface area contributed by atoms with Crippen molar-refractivity contribution in [3.63, 3.8) is 0 Å². The fraction of sp³-hybridized carbons (Fsp3) is 0.588. The van der Waals surface area contributed by atoms with Crippen molar-refractivity contribution in [2.24, 2.45) is 0 Å². The number of carbonyl (C=O) groups is 1. The molecule has 0 aliphatic carbocycles. The van der Waals surface area contributed by atoms with Crippen LogP contribution >= 0.6 is 0 Å². The Bertz CT molecular complexity index is 526. The molecule has 1 atom stereocenters. The first-order valence-electron chi connectivity index (χ1n) is 8.22. The summed E-state index contributed by atoms with van der Waals surface area (Å²) in [6.45, 7) is 5.76. The smallest absolute Gasteiger partial charge is 0.242 e. The Morgan fingerprint density at radius 3 is 2.78 bits per heavy atom. The zero-order valence-electron chi connectivity index (χ0n) is 13.7. The molecular formula is C17H25N3O3. The molecule has 126 valence electrons. The molecule has 1 amide bonds. The van der Waals surface area contributed by atoms with Gasteiger partial charge in [-0.2, -0.15) is 0 Å². The molecule has 0 spiro atoms. The van der Waals surface area contributed by atoms with Crippen LogP contribution in [0, 0.1) is 0 Å². The monoisotopic (exact) mass is 319 g/mol. The van der Waals surface area contributed by atoms with Gasteiger partial charge in [0.05, 0.1) is 26.4 Å². The van der Waals surface area contributed by atoms with Crippen LogP contribution < -0.4 is 10.2 Å². The molecule has 0 aromatic heterocycles. The number of anilines is 1. The molecule has 1 N–H and O–H groups in total. The molecule has 0 saturated carbocycles. The lowest BCUT2D eigenvalue weighted by Crippen LogP contribution is -2.51. The van der Waals surface area contributed by atoms with Crippen molar-refractivity contribution in [1.82, 2.24) is 10.2 Å². The van der Waals surface area contributed by atoms with E-state index in [-0.39, 0.29) is 11.9 Å². The molecule has 6 heteroatoms. The Balaban J connectivity index is 1.67. The van der Waals surface area contributed by atoms with Crippen molar-refractivity contribution in [2.75, 3.05) is 58.0 Å². The van der Waals surface area contributed by atoms with Gasteiger partial charge in [0.1, 0.15) is 6.04 Å². The number of benzene rings is 1. The van der Waals surface area contributed by atoms with Gasteiger partial charge < -0.3 is 24.6 Å². The predicted octanol–water partition coefficient (Wildman–Crippen LogP) is 0.470. The second kappa shape index (κ2) is 7.77. The highest BCUT2D eigenvalue weighted by Gasteiger charge is 2.25. The second-order valence-corrected chi connectivity index (χ2v) is 6.00. The molecule has 2 fully saturated rings. The van der Waals surface area contributed by atoms with Gasteiger partial charge in [-0.15, -0.1) is 0 Å². The molecule has 6 nitrogen and oxygen atoms in total. The van der Waals surface area contributed by atoms with Crippen molar-refractivity contribution in [3.8, 4) is 0 Å². The summed E-state index contributed by atoms with van der Waals surface area (Å²) in [6.07, 6.45) is 0. The molecule has 1 aromatic rings. The van der Waals surface area contributed by atoms with E-state index in [0.29, 0.717) is 19.8 Å². The molecule has 23 heavy (non-hydrogen) atoms. The quantitative estimate of drug-likeness (QED) is 0.874. The predicted molar refractivity (Wildman–Crippen MR) is 88.6 cm³/mol. The number of morpholine rings is 2. The third-order valence-electron chi connectivity index (χ3n) is 4.35. The Kier molecular flexibility index (Phi) is 5.48. The lowest BCUT2D eigenvalue weighted by atomic mass is 10.1. The van der Waals surface area contributed by atoms with Crippen LogP contribution in [-0.2, 0) is 20.8 Å². The summed E-state index contributed by atoms with van der Waals surface area (Å²) in [5, 5.41) is 3.22. The zero-order valence-corrected chi connectivity index (χ0v) is 13.7. The molecule has 0 radical (unpaired) electrons. The minimum absolute atomic E-state index is 0.0847. The number of carbonyl (C=O) groups excluding carboxylic acids is 1. The van der Waals surface area contributed by atoms with Gasteiger partial charge >= 0.3 is 0 Å². The highest BCUT2D eigenvalue weighted by Crippen LogP contribution is 2.23. The first-order valence-corrected chi connectivity index (χ1v) is 8.22. The molecule has 1 unspecified atom stereocenters. The number of nitrogens with zero attached hydrogens (tertiary/aromatic N) is 2. The maximum atomic E-state index is 12.5. The van der Waals surface area contributed by atoms with Crippen molar-refractivity contribution in [3.05, 3.63) is 29.8 Å². The Labute approximate surface area is 137 Å². The Hall–Kier alpha value is -1.63. The van der Waals surface area contributed by atoms with E-state index >= 15 is 0 Å². The number of amides is 1. The third kappa shape index (κ3) is 4.02. The van der Waals surface area contributed by atoms with Crippen LogP contribution in [0.1, 0.15) is 5.56 Å². The summed E-state index contributed by atoms with van der Waals surface area (Å²) in [4.78, 5) is 16.7. The normalized spacial score (nSPS) is 22.0. The molecular weight excluding hydrogens is 294 g/mol. The maximum Gasteiger partial charge on any atom is 0.242 e. The van der Waals surface area contributed by atoms with E-state index in [1.807, 2.05) is 19.2 Å². The van der Waals surface area contributed by atoms with Gasteiger partial charge in [-0.25, -0.2) is 0 Å². The number of nitrogens with one attached hydrogen (secondary N) is 1. The minimum atomic E-state index is -0.232. The second-order valence-electron chi connectivity index (χ2n) is 6.00. The van der Waals surface area contributed by atoms with Crippen LogP contribution in [0.25, 0.3) is 0 Å². The number of rotatable bonds is 4. The van der Waals surface area contributed by atoms with Crippen molar-refractivity contribution >= 4 is 11.6 Å².